The fraction of sp³-hybridized carbons (Fsp3) is 0.933. The predicted molar refractivity (Wildman–Crippen MR) is 69.3 cm³/mol. The molecule has 1 fully saturated rings. The molecule has 0 aromatic rings. The van der Waals surface area contributed by atoms with E-state index in [0.717, 1.165) is 24.7 Å². The SMILES string of the molecule is CC(C)C1CCC(C(=O)C(C)C(C)C)CC1. The minimum atomic E-state index is 0.251. The van der Waals surface area contributed by atoms with Crippen LogP contribution in [0.1, 0.15) is 60.3 Å². The second-order valence-corrected chi connectivity index (χ2v) is 6.29. The van der Waals surface area contributed by atoms with E-state index in [1.54, 1.807) is 0 Å². The Bertz CT molecular complexity index is 222. The van der Waals surface area contributed by atoms with E-state index >= 15 is 0 Å². The van der Waals surface area contributed by atoms with Crippen molar-refractivity contribution in [2.45, 2.75) is 60.3 Å². The highest BCUT2D eigenvalue weighted by Gasteiger charge is 2.30. The Morgan fingerprint density at radius 3 is 1.81 bits per heavy atom. The van der Waals surface area contributed by atoms with Gasteiger partial charge in [-0.2, -0.15) is 0 Å². The van der Waals surface area contributed by atoms with Crippen LogP contribution in [0.2, 0.25) is 0 Å². The van der Waals surface area contributed by atoms with Gasteiger partial charge in [-0.1, -0.05) is 34.6 Å². The molecule has 0 amide bonds. The Kier molecular flexibility index (Phi) is 5.01. The fourth-order valence-electron chi connectivity index (χ4n) is 2.77. The number of ketones is 1. The van der Waals surface area contributed by atoms with Crippen molar-refractivity contribution in [3.63, 3.8) is 0 Å². The van der Waals surface area contributed by atoms with Crippen LogP contribution in [0, 0.1) is 29.6 Å². The summed E-state index contributed by atoms with van der Waals surface area (Å²) in [6, 6.07) is 0. The van der Waals surface area contributed by atoms with Crippen LogP contribution in [0.4, 0.5) is 0 Å². The zero-order valence-electron chi connectivity index (χ0n) is 11.6. The molecule has 94 valence electrons. The highest BCUT2D eigenvalue weighted by molar-refractivity contribution is 5.83. The molecule has 0 bridgehead atoms. The molecule has 0 saturated heterocycles. The van der Waals surface area contributed by atoms with Crippen molar-refractivity contribution in [1.82, 2.24) is 0 Å². The predicted octanol–water partition coefficient (Wildman–Crippen LogP) is 4.31. The molecule has 0 aromatic heterocycles. The largest absolute Gasteiger partial charge is 0.299 e. The van der Waals surface area contributed by atoms with Crippen LogP contribution >= 0.6 is 0 Å². The molecule has 0 radical (unpaired) electrons. The van der Waals surface area contributed by atoms with E-state index in [4.69, 9.17) is 0 Å². The smallest absolute Gasteiger partial charge is 0.139 e. The number of carbonyl (C=O) groups is 1. The first-order valence-electron chi connectivity index (χ1n) is 6.97. The van der Waals surface area contributed by atoms with Crippen molar-refractivity contribution in [3.8, 4) is 0 Å². The van der Waals surface area contributed by atoms with Crippen LogP contribution in [-0.4, -0.2) is 5.78 Å². The summed E-state index contributed by atoms with van der Waals surface area (Å²) in [5, 5.41) is 0. The number of Topliss-reactive ketones (excluding diaryl/α,β-unsaturated/α-hetero) is 1. The second kappa shape index (κ2) is 5.84. The van der Waals surface area contributed by atoms with E-state index < -0.39 is 0 Å². The van der Waals surface area contributed by atoms with Crippen LogP contribution in [0.5, 0.6) is 0 Å². The zero-order valence-corrected chi connectivity index (χ0v) is 11.6. The lowest BCUT2D eigenvalue weighted by molar-refractivity contribution is -0.128. The molecule has 1 heteroatoms. The lowest BCUT2D eigenvalue weighted by atomic mass is 9.73. The molecule has 1 rings (SSSR count). The summed E-state index contributed by atoms with van der Waals surface area (Å²) in [7, 11) is 0. The normalized spacial score (nSPS) is 28.4. The Balaban J connectivity index is 2.45. The number of rotatable bonds is 4. The van der Waals surface area contributed by atoms with Gasteiger partial charge in [-0.3, -0.25) is 4.79 Å². The molecule has 0 heterocycles. The van der Waals surface area contributed by atoms with Crippen LogP contribution in [0.25, 0.3) is 0 Å². The van der Waals surface area contributed by atoms with Crippen LogP contribution in [0.3, 0.4) is 0 Å². The summed E-state index contributed by atoms with van der Waals surface area (Å²) in [4.78, 5) is 12.2. The average molecular weight is 224 g/mol. The first-order valence-corrected chi connectivity index (χ1v) is 6.97. The summed E-state index contributed by atoms with van der Waals surface area (Å²) in [6.45, 7) is 11.0. The molecule has 1 unspecified atom stereocenters. The van der Waals surface area contributed by atoms with Crippen LogP contribution < -0.4 is 0 Å². The highest BCUT2D eigenvalue weighted by atomic mass is 16.1. The van der Waals surface area contributed by atoms with Crippen LogP contribution in [-0.2, 0) is 4.79 Å². The average Bonchev–Trinajstić information content (AvgIpc) is 2.27. The quantitative estimate of drug-likeness (QED) is 0.695. The molecule has 1 saturated carbocycles. The summed E-state index contributed by atoms with van der Waals surface area (Å²) in [6.07, 6.45) is 4.80. The molecule has 1 aliphatic carbocycles. The monoisotopic (exact) mass is 224 g/mol. The first kappa shape index (κ1) is 13.7. The molecular formula is C15H28O. The van der Waals surface area contributed by atoms with Gasteiger partial charge in [0.05, 0.1) is 0 Å². The summed E-state index contributed by atoms with van der Waals surface area (Å²) in [5.41, 5.74) is 0. The van der Waals surface area contributed by atoms with Gasteiger partial charge in [0.25, 0.3) is 0 Å². The molecule has 1 nitrogen and oxygen atoms in total. The molecule has 0 aromatic carbocycles. The highest BCUT2D eigenvalue weighted by Crippen LogP contribution is 2.35. The van der Waals surface area contributed by atoms with Crippen molar-refractivity contribution in [2.75, 3.05) is 0 Å². The maximum atomic E-state index is 12.2. The Hall–Kier alpha value is -0.330. The first-order chi connectivity index (χ1) is 7.43. The lowest BCUT2D eigenvalue weighted by Crippen LogP contribution is -2.29. The number of hydrogen-bond donors (Lipinski definition) is 0. The third-order valence-corrected chi connectivity index (χ3v) is 4.57. The minimum Gasteiger partial charge on any atom is -0.299 e. The van der Waals surface area contributed by atoms with Gasteiger partial charge in [0.15, 0.2) is 0 Å². The lowest BCUT2D eigenvalue weighted by Gasteiger charge is -2.31. The minimum absolute atomic E-state index is 0.251. The molecule has 0 spiro atoms. The van der Waals surface area contributed by atoms with Gasteiger partial charge < -0.3 is 0 Å². The van der Waals surface area contributed by atoms with Crippen LogP contribution in [0.15, 0.2) is 0 Å². The van der Waals surface area contributed by atoms with Crippen molar-refractivity contribution < 1.29 is 4.79 Å². The summed E-state index contributed by atoms with van der Waals surface area (Å²) < 4.78 is 0. The maximum absolute atomic E-state index is 12.2. The molecule has 16 heavy (non-hydrogen) atoms. The van der Waals surface area contributed by atoms with Gasteiger partial charge in [0.2, 0.25) is 0 Å². The van der Waals surface area contributed by atoms with E-state index in [9.17, 15) is 4.79 Å². The van der Waals surface area contributed by atoms with Gasteiger partial charge in [-0.05, 0) is 43.4 Å². The maximum Gasteiger partial charge on any atom is 0.139 e. The number of hydrogen-bond acceptors (Lipinski definition) is 1. The standard InChI is InChI=1S/C15H28O/c1-10(2)12(5)15(16)14-8-6-13(7-9-14)11(3)4/h10-14H,6-9H2,1-5H3. The van der Waals surface area contributed by atoms with Gasteiger partial charge in [-0.25, -0.2) is 0 Å². The Morgan fingerprint density at radius 1 is 0.938 bits per heavy atom. The molecular weight excluding hydrogens is 196 g/mol. The Morgan fingerprint density at radius 2 is 1.44 bits per heavy atom. The molecule has 1 aliphatic rings. The van der Waals surface area contributed by atoms with E-state index in [1.165, 1.54) is 12.8 Å². The van der Waals surface area contributed by atoms with E-state index in [1.807, 2.05) is 0 Å². The van der Waals surface area contributed by atoms with Crippen molar-refractivity contribution in [2.24, 2.45) is 29.6 Å². The van der Waals surface area contributed by atoms with Crippen molar-refractivity contribution in [1.29, 1.82) is 0 Å². The zero-order chi connectivity index (χ0) is 12.3. The van der Waals surface area contributed by atoms with Gasteiger partial charge in [-0.15, -0.1) is 0 Å². The second-order valence-electron chi connectivity index (χ2n) is 6.29. The van der Waals surface area contributed by atoms with Gasteiger partial charge in [0, 0.05) is 11.8 Å². The van der Waals surface area contributed by atoms with E-state index in [2.05, 4.69) is 34.6 Å². The topological polar surface area (TPSA) is 17.1 Å². The molecule has 0 aliphatic heterocycles. The third-order valence-electron chi connectivity index (χ3n) is 4.57. The molecule has 0 N–H and O–H groups in total. The molecule has 1 atom stereocenters. The Labute approximate surface area is 101 Å². The summed E-state index contributed by atoms with van der Waals surface area (Å²) in [5.74, 6) is 3.29. The summed E-state index contributed by atoms with van der Waals surface area (Å²) >= 11 is 0. The third kappa shape index (κ3) is 3.33. The van der Waals surface area contributed by atoms with E-state index in [0.29, 0.717) is 17.6 Å². The fourth-order valence-corrected chi connectivity index (χ4v) is 2.77. The van der Waals surface area contributed by atoms with Crippen molar-refractivity contribution in [3.05, 3.63) is 0 Å². The van der Waals surface area contributed by atoms with E-state index in [-0.39, 0.29) is 5.92 Å². The van der Waals surface area contributed by atoms with Gasteiger partial charge >= 0.3 is 0 Å². The number of carbonyl (C=O) groups excluding carboxylic acids is 1. The van der Waals surface area contributed by atoms with Crippen molar-refractivity contribution >= 4 is 5.78 Å². The van der Waals surface area contributed by atoms with Gasteiger partial charge in [0.1, 0.15) is 5.78 Å².